The van der Waals surface area contributed by atoms with Crippen LogP contribution in [0.4, 0.5) is 13.2 Å². The molecule has 0 aliphatic carbocycles. The highest BCUT2D eigenvalue weighted by atomic mass is 28.4. The Hall–Kier alpha value is -2.69. The van der Waals surface area contributed by atoms with Crippen molar-refractivity contribution in [3.05, 3.63) is 71.8 Å². The van der Waals surface area contributed by atoms with Gasteiger partial charge in [0.25, 0.3) is 5.60 Å². The second kappa shape index (κ2) is 14.6. The monoisotopic (exact) mass is 636 g/mol. The molecule has 1 fully saturated rings. The SMILES string of the molecule is CO[C@](C(=O)O[C@H](CCCCC(C)C)[C@H]1C(=O)OC[C@H]1CO[Si](C)(C)C(C)(C)c1ccccc1)(c1ccccc1)C(F)(F)F. The molecule has 0 unspecified atom stereocenters. The normalized spacial score (nSPS) is 19.8. The number of cyclic esters (lactones) is 1. The zero-order valence-electron chi connectivity index (χ0n) is 26.9. The molecule has 0 bridgehead atoms. The minimum absolute atomic E-state index is 0.0349. The van der Waals surface area contributed by atoms with E-state index in [-0.39, 0.29) is 24.7 Å². The van der Waals surface area contributed by atoms with Crippen LogP contribution in [0.5, 0.6) is 0 Å². The lowest BCUT2D eigenvalue weighted by Crippen LogP contribution is -2.54. The van der Waals surface area contributed by atoms with Gasteiger partial charge in [0.05, 0.1) is 6.61 Å². The number of carbonyl (C=O) groups is 2. The van der Waals surface area contributed by atoms with E-state index in [9.17, 15) is 22.8 Å². The van der Waals surface area contributed by atoms with E-state index >= 15 is 0 Å². The van der Waals surface area contributed by atoms with Gasteiger partial charge < -0.3 is 18.6 Å². The average molecular weight is 637 g/mol. The maximum atomic E-state index is 14.7. The molecule has 1 aliphatic heterocycles. The van der Waals surface area contributed by atoms with Crippen molar-refractivity contribution < 1.29 is 41.4 Å². The van der Waals surface area contributed by atoms with E-state index in [1.54, 1.807) is 6.07 Å². The molecule has 0 spiro atoms. The second-order valence-corrected chi connectivity index (χ2v) is 17.7. The third-order valence-corrected chi connectivity index (χ3v) is 13.4. The minimum Gasteiger partial charge on any atom is -0.465 e. The lowest BCUT2D eigenvalue weighted by molar-refractivity contribution is -0.279. The molecular formula is C34H47F3O6Si. The third kappa shape index (κ3) is 7.74. The van der Waals surface area contributed by atoms with Crippen LogP contribution in [0.3, 0.4) is 0 Å². The van der Waals surface area contributed by atoms with Gasteiger partial charge in [0.15, 0.2) is 8.32 Å². The Morgan fingerprint density at radius 1 is 0.955 bits per heavy atom. The summed E-state index contributed by atoms with van der Waals surface area (Å²) >= 11 is 0. The molecule has 244 valence electrons. The smallest absolute Gasteiger partial charge is 0.432 e. The molecule has 0 saturated carbocycles. The Bertz CT molecular complexity index is 1220. The van der Waals surface area contributed by atoms with Crippen LogP contribution in [0.25, 0.3) is 0 Å². The Morgan fingerprint density at radius 2 is 1.50 bits per heavy atom. The summed E-state index contributed by atoms with van der Waals surface area (Å²) in [6.07, 6.45) is -3.84. The predicted molar refractivity (Wildman–Crippen MR) is 165 cm³/mol. The summed E-state index contributed by atoms with van der Waals surface area (Å²) in [4.78, 5) is 26.8. The van der Waals surface area contributed by atoms with Crippen molar-refractivity contribution in [2.45, 2.75) is 89.4 Å². The van der Waals surface area contributed by atoms with Gasteiger partial charge in [-0.2, -0.15) is 13.2 Å². The summed E-state index contributed by atoms with van der Waals surface area (Å²) in [5.74, 6) is -3.24. The van der Waals surface area contributed by atoms with Crippen molar-refractivity contribution in [1.29, 1.82) is 0 Å². The van der Waals surface area contributed by atoms with E-state index in [1.807, 2.05) is 18.2 Å². The molecule has 0 amide bonds. The summed E-state index contributed by atoms with van der Waals surface area (Å²) in [5, 5.41) is -0.281. The molecule has 0 radical (unpaired) electrons. The van der Waals surface area contributed by atoms with Crippen LogP contribution in [-0.2, 0) is 38.9 Å². The number of ether oxygens (including phenoxy) is 3. The first-order valence-electron chi connectivity index (χ1n) is 15.3. The molecule has 0 N–H and O–H groups in total. The molecule has 2 aromatic carbocycles. The Morgan fingerprint density at radius 3 is 2.02 bits per heavy atom. The Kier molecular flexibility index (Phi) is 11.9. The number of hydrogen-bond donors (Lipinski definition) is 0. The fraction of sp³-hybridized carbons (Fsp3) is 0.588. The van der Waals surface area contributed by atoms with Gasteiger partial charge in [0, 0.05) is 30.2 Å². The van der Waals surface area contributed by atoms with Crippen LogP contribution < -0.4 is 0 Å². The minimum atomic E-state index is -5.13. The third-order valence-electron chi connectivity index (χ3n) is 9.23. The van der Waals surface area contributed by atoms with Crippen LogP contribution in [0.15, 0.2) is 60.7 Å². The summed E-state index contributed by atoms with van der Waals surface area (Å²) < 4.78 is 66.7. The molecule has 6 nitrogen and oxygen atoms in total. The van der Waals surface area contributed by atoms with Crippen LogP contribution >= 0.6 is 0 Å². The van der Waals surface area contributed by atoms with E-state index in [2.05, 4.69) is 52.9 Å². The van der Waals surface area contributed by atoms with Crippen molar-refractivity contribution >= 4 is 20.3 Å². The number of alkyl halides is 3. The molecule has 1 saturated heterocycles. The van der Waals surface area contributed by atoms with Gasteiger partial charge in [-0.05, 0) is 37.4 Å². The first-order chi connectivity index (χ1) is 20.6. The van der Waals surface area contributed by atoms with Gasteiger partial charge in [0.1, 0.15) is 12.0 Å². The zero-order chi connectivity index (χ0) is 32.8. The fourth-order valence-corrected chi connectivity index (χ4v) is 7.56. The number of halogens is 3. The number of esters is 2. The fourth-order valence-electron chi connectivity index (χ4n) is 5.70. The molecular weight excluding hydrogens is 589 g/mol. The maximum absolute atomic E-state index is 14.7. The number of rotatable bonds is 15. The van der Waals surface area contributed by atoms with Gasteiger partial charge in [-0.25, -0.2) is 4.79 Å². The Labute approximate surface area is 260 Å². The quantitative estimate of drug-likeness (QED) is 0.113. The molecule has 10 heteroatoms. The summed E-state index contributed by atoms with van der Waals surface area (Å²) in [6, 6.07) is 16.7. The molecule has 1 aliphatic rings. The highest BCUT2D eigenvalue weighted by molar-refractivity contribution is 6.74. The molecule has 44 heavy (non-hydrogen) atoms. The summed E-state index contributed by atoms with van der Waals surface area (Å²) in [5.41, 5.74) is -2.62. The number of unbranched alkanes of at least 4 members (excludes halogenated alkanes) is 1. The number of benzene rings is 2. The predicted octanol–water partition coefficient (Wildman–Crippen LogP) is 7.75. The summed E-state index contributed by atoms with van der Waals surface area (Å²) in [6.45, 7) is 12.8. The molecule has 0 aromatic heterocycles. The van der Waals surface area contributed by atoms with Crippen LogP contribution in [0.2, 0.25) is 13.1 Å². The van der Waals surface area contributed by atoms with E-state index in [4.69, 9.17) is 18.6 Å². The van der Waals surface area contributed by atoms with Crippen molar-refractivity contribution in [2.24, 2.45) is 17.8 Å². The van der Waals surface area contributed by atoms with Crippen LogP contribution in [0, 0.1) is 17.8 Å². The lowest BCUT2D eigenvalue weighted by atomic mass is 9.87. The van der Waals surface area contributed by atoms with Gasteiger partial charge in [0.2, 0.25) is 0 Å². The van der Waals surface area contributed by atoms with E-state index < -0.39 is 55.5 Å². The molecule has 4 atom stereocenters. The lowest BCUT2D eigenvalue weighted by Gasteiger charge is -2.41. The number of carbonyl (C=O) groups excluding carboxylic acids is 2. The van der Waals surface area contributed by atoms with Crippen molar-refractivity contribution in [2.75, 3.05) is 20.3 Å². The van der Waals surface area contributed by atoms with Crippen molar-refractivity contribution in [3.8, 4) is 0 Å². The molecule has 3 rings (SSSR count). The first kappa shape index (κ1) is 35.8. The van der Waals surface area contributed by atoms with Gasteiger partial charge in [-0.15, -0.1) is 0 Å². The highest BCUT2D eigenvalue weighted by Crippen LogP contribution is 2.44. The largest absolute Gasteiger partial charge is 0.465 e. The van der Waals surface area contributed by atoms with E-state index in [1.165, 1.54) is 24.3 Å². The van der Waals surface area contributed by atoms with Gasteiger partial charge in [-0.3, -0.25) is 4.79 Å². The van der Waals surface area contributed by atoms with Crippen molar-refractivity contribution in [1.82, 2.24) is 0 Å². The van der Waals surface area contributed by atoms with Crippen LogP contribution in [-0.4, -0.2) is 52.9 Å². The first-order valence-corrected chi connectivity index (χ1v) is 18.2. The average Bonchev–Trinajstić information content (AvgIpc) is 3.34. The van der Waals surface area contributed by atoms with Crippen molar-refractivity contribution in [3.63, 3.8) is 0 Å². The van der Waals surface area contributed by atoms with E-state index in [0.29, 0.717) is 12.3 Å². The van der Waals surface area contributed by atoms with E-state index in [0.717, 1.165) is 25.5 Å². The topological polar surface area (TPSA) is 71.1 Å². The second-order valence-electron chi connectivity index (χ2n) is 13.1. The number of hydrogen-bond acceptors (Lipinski definition) is 6. The maximum Gasteiger partial charge on any atom is 0.432 e. The summed E-state index contributed by atoms with van der Waals surface area (Å²) in [7, 11) is -1.62. The Balaban J connectivity index is 1.90. The standard InChI is InChI=1S/C34H47F3O6Si/c1-24(2)16-14-15-21-28(43-31(39)33(40-5,34(35,36)37)27-19-12-9-13-20-27)29-25(22-41-30(29)38)23-42-44(6,7)32(3,4)26-17-10-8-11-18-26/h8-13,17-20,24-25,28-29H,14-16,21-23H2,1-7H3/t25-,28+,29-,33-/m0/s1. The molecule has 1 heterocycles. The zero-order valence-corrected chi connectivity index (χ0v) is 27.9. The van der Waals surface area contributed by atoms with Gasteiger partial charge in [-0.1, -0.05) is 101 Å². The van der Waals surface area contributed by atoms with Gasteiger partial charge >= 0.3 is 18.1 Å². The highest BCUT2D eigenvalue weighted by Gasteiger charge is 2.65. The number of methoxy groups -OCH3 is 1. The van der Waals surface area contributed by atoms with Crippen LogP contribution in [0.1, 0.15) is 64.5 Å². The molecule has 2 aromatic rings.